The Hall–Kier alpha value is -0.960. The van der Waals surface area contributed by atoms with Crippen molar-refractivity contribution in [2.75, 3.05) is 4.72 Å². The fourth-order valence-corrected chi connectivity index (χ4v) is 4.90. The maximum Gasteiger partial charge on any atom is 0.264 e. The van der Waals surface area contributed by atoms with E-state index in [2.05, 4.69) is 15.0 Å². The van der Waals surface area contributed by atoms with Crippen molar-refractivity contribution in [2.45, 2.75) is 38.3 Å². The van der Waals surface area contributed by atoms with Crippen LogP contribution in [0.25, 0.3) is 0 Å². The van der Waals surface area contributed by atoms with E-state index in [0.717, 1.165) is 10.6 Å². The maximum absolute atomic E-state index is 12.4. The van der Waals surface area contributed by atoms with Crippen molar-refractivity contribution >= 4 is 37.8 Å². The molecule has 0 amide bonds. The van der Waals surface area contributed by atoms with Gasteiger partial charge in [-0.3, -0.25) is 4.72 Å². The number of aromatic nitrogens is 1. The van der Waals surface area contributed by atoms with Gasteiger partial charge < -0.3 is 5.32 Å². The summed E-state index contributed by atoms with van der Waals surface area (Å²) in [7, 11) is -3.57. The Balaban J connectivity index is 2.19. The van der Waals surface area contributed by atoms with E-state index in [0.29, 0.717) is 22.6 Å². The molecule has 110 valence electrons. The zero-order valence-electron chi connectivity index (χ0n) is 11.5. The molecule has 0 aromatic carbocycles. The number of aryl methyl sites for hydroxylation is 1. The lowest BCUT2D eigenvalue weighted by Crippen LogP contribution is -2.23. The SMILES string of the molecule is Cc1csc(NS(=O)(=O)c2ccsc2CNC(C)C)n1. The van der Waals surface area contributed by atoms with Crippen molar-refractivity contribution in [3.63, 3.8) is 0 Å². The molecule has 2 N–H and O–H groups in total. The Morgan fingerprint density at radius 3 is 2.70 bits per heavy atom. The first kappa shape index (κ1) is 15.4. The van der Waals surface area contributed by atoms with Gasteiger partial charge in [-0.1, -0.05) is 13.8 Å². The molecule has 2 heterocycles. The Morgan fingerprint density at radius 2 is 2.10 bits per heavy atom. The van der Waals surface area contributed by atoms with Gasteiger partial charge in [0.05, 0.1) is 5.69 Å². The summed E-state index contributed by atoms with van der Waals surface area (Å²) in [6.07, 6.45) is 0. The molecule has 0 radical (unpaired) electrons. The van der Waals surface area contributed by atoms with Crippen LogP contribution in [0.15, 0.2) is 21.7 Å². The average Bonchev–Trinajstić information content (AvgIpc) is 2.95. The number of rotatable bonds is 6. The van der Waals surface area contributed by atoms with Gasteiger partial charge in [0.1, 0.15) is 4.90 Å². The van der Waals surface area contributed by atoms with Crippen molar-refractivity contribution in [3.05, 3.63) is 27.4 Å². The van der Waals surface area contributed by atoms with E-state index in [9.17, 15) is 8.42 Å². The lowest BCUT2D eigenvalue weighted by atomic mass is 10.4. The number of thiophene rings is 1. The molecule has 5 nitrogen and oxygen atoms in total. The zero-order valence-corrected chi connectivity index (χ0v) is 14.0. The van der Waals surface area contributed by atoms with E-state index in [1.165, 1.54) is 22.7 Å². The van der Waals surface area contributed by atoms with Crippen LogP contribution in [0.1, 0.15) is 24.4 Å². The summed E-state index contributed by atoms with van der Waals surface area (Å²) in [5.41, 5.74) is 0.805. The number of nitrogens with one attached hydrogen (secondary N) is 2. The van der Waals surface area contributed by atoms with Gasteiger partial charge in [-0.2, -0.15) is 0 Å². The third-order valence-electron chi connectivity index (χ3n) is 2.51. The van der Waals surface area contributed by atoms with Gasteiger partial charge in [0, 0.05) is 22.8 Å². The number of hydrogen-bond acceptors (Lipinski definition) is 6. The number of hydrogen-bond donors (Lipinski definition) is 2. The van der Waals surface area contributed by atoms with Crippen LogP contribution < -0.4 is 10.0 Å². The molecule has 0 saturated carbocycles. The van der Waals surface area contributed by atoms with Crippen molar-refractivity contribution < 1.29 is 8.42 Å². The lowest BCUT2D eigenvalue weighted by molar-refractivity contribution is 0.581. The summed E-state index contributed by atoms with van der Waals surface area (Å²) in [5.74, 6) is 0. The maximum atomic E-state index is 12.4. The van der Waals surface area contributed by atoms with E-state index < -0.39 is 10.0 Å². The van der Waals surface area contributed by atoms with Crippen LogP contribution >= 0.6 is 22.7 Å². The Morgan fingerprint density at radius 1 is 1.35 bits per heavy atom. The van der Waals surface area contributed by atoms with Crippen molar-refractivity contribution in [3.8, 4) is 0 Å². The molecule has 0 saturated heterocycles. The summed E-state index contributed by atoms with van der Waals surface area (Å²) in [6, 6.07) is 1.94. The van der Waals surface area contributed by atoms with Crippen LogP contribution in [0.3, 0.4) is 0 Å². The minimum Gasteiger partial charge on any atom is -0.310 e. The average molecular weight is 331 g/mol. The standard InChI is InChI=1S/C12H17N3O2S3/c1-8(2)13-6-10-11(4-5-18-10)20(16,17)15-12-14-9(3)7-19-12/h4-5,7-8,13H,6H2,1-3H3,(H,14,15). The van der Waals surface area contributed by atoms with Crippen LogP contribution in [-0.2, 0) is 16.6 Å². The van der Waals surface area contributed by atoms with Gasteiger partial charge in [-0.25, -0.2) is 13.4 Å². The molecule has 20 heavy (non-hydrogen) atoms. The molecule has 0 aliphatic carbocycles. The molecule has 2 aromatic rings. The summed E-state index contributed by atoms with van der Waals surface area (Å²) in [6.45, 7) is 6.43. The molecule has 0 aliphatic rings. The van der Waals surface area contributed by atoms with Gasteiger partial charge >= 0.3 is 0 Å². The third-order valence-corrected chi connectivity index (χ3v) is 5.98. The first-order valence-corrected chi connectivity index (χ1v) is 9.37. The molecule has 0 spiro atoms. The van der Waals surface area contributed by atoms with Gasteiger partial charge in [-0.05, 0) is 18.4 Å². The molecule has 0 atom stereocenters. The lowest BCUT2D eigenvalue weighted by Gasteiger charge is -2.09. The number of thiazole rings is 1. The van der Waals surface area contributed by atoms with Crippen LogP contribution in [0.4, 0.5) is 5.13 Å². The monoisotopic (exact) mass is 331 g/mol. The van der Waals surface area contributed by atoms with Gasteiger partial charge in [0.2, 0.25) is 0 Å². The quantitative estimate of drug-likeness (QED) is 0.854. The predicted molar refractivity (Wildman–Crippen MR) is 84.0 cm³/mol. The number of anilines is 1. The van der Waals surface area contributed by atoms with Crippen LogP contribution in [0.5, 0.6) is 0 Å². The first-order chi connectivity index (χ1) is 9.38. The molecule has 2 rings (SSSR count). The highest BCUT2D eigenvalue weighted by Gasteiger charge is 2.21. The van der Waals surface area contributed by atoms with Crippen LogP contribution in [-0.4, -0.2) is 19.4 Å². The predicted octanol–water partition coefficient (Wildman–Crippen LogP) is 2.81. The second kappa shape index (κ2) is 6.21. The van der Waals surface area contributed by atoms with Crippen LogP contribution in [0.2, 0.25) is 0 Å². The minimum absolute atomic E-state index is 0.308. The second-order valence-corrected chi connectivity index (χ2v) is 8.15. The van der Waals surface area contributed by atoms with Crippen molar-refractivity contribution in [1.82, 2.24) is 10.3 Å². The largest absolute Gasteiger partial charge is 0.310 e. The summed E-state index contributed by atoms with van der Waals surface area (Å²) < 4.78 is 27.3. The molecule has 2 aromatic heterocycles. The zero-order chi connectivity index (χ0) is 14.8. The molecule has 8 heteroatoms. The fourth-order valence-electron chi connectivity index (χ4n) is 1.56. The Kier molecular flexibility index (Phi) is 4.79. The molecular weight excluding hydrogens is 314 g/mol. The van der Waals surface area contributed by atoms with Crippen molar-refractivity contribution in [2.24, 2.45) is 0 Å². The highest BCUT2D eigenvalue weighted by atomic mass is 32.2. The molecule has 0 aliphatic heterocycles. The molecule has 0 bridgehead atoms. The summed E-state index contributed by atoms with van der Waals surface area (Å²) >= 11 is 2.72. The fraction of sp³-hybridized carbons (Fsp3) is 0.417. The van der Waals surface area contributed by atoms with E-state index in [4.69, 9.17) is 0 Å². The summed E-state index contributed by atoms with van der Waals surface area (Å²) in [4.78, 5) is 5.25. The Labute approximate surface area is 127 Å². The topological polar surface area (TPSA) is 71.1 Å². The molecule has 0 unspecified atom stereocenters. The Bertz CT molecular complexity index is 674. The molecule has 0 fully saturated rings. The second-order valence-electron chi connectivity index (χ2n) is 4.64. The van der Waals surface area contributed by atoms with Crippen molar-refractivity contribution in [1.29, 1.82) is 0 Å². The van der Waals surface area contributed by atoms with Gasteiger partial charge in [0.25, 0.3) is 10.0 Å². The van der Waals surface area contributed by atoms with E-state index >= 15 is 0 Å². The minimum atomic E-state index is -3.57. The number of sulfonamides is 1. The van der Waals surface area contributed by atoms with E-state index in [-0.39, 0.29) is 0 Å². The van der Waals surface area contributed by atoms with E-state index in [1.54, 1.807) is 11.4 Å². The van der Waals surface area contributed by atoms with Gasteiger partial charge in [0.15, 0.2) is 5.13 Å². The summed E-state index contributed by atoms with van der Waals surface area (Å²) in [5, 5.41) is 7.24. The van der Waals surface area contributed by atoms with E-state index in [1.807, 2.05) is 26.2 Å². The smallest absolute Gasteiger partial charge is 0.264 e. The first-order valence-electron chi connectivity index (χ1n) is 6.13. The number of nitrogens with zero attached hydrogens (tertiary/aromatic N) is 1. The highest BCUT2D eigenvalue weighted by molar-refractivity contribution is 7.93. The normalized spacial score (nSPS) is 12.0. The molecular formula is C12H17N3O2S3. The highest BCUT2D eigenvalue weighted by Crippen LogP contribution is 2.25. The third kappa shape index (κ3) is 3.78. The van der Waals surface area contributed by atoms with Gasteiger partial charge in [-0.15, -0.1) is 22.7 Å². The van der Waals surface area contributed by atoms with Crippen LogP contribution in [0, 0.1) is 6.92 Å².